The first-order valence-corrected chi connectivity index (χ1v) is 14.2. The zero-order valence-corrected chi connectivity index (χ0v) is 23.9. The largest absolute Gasteiger partial charge is 0.494 e. The Morgan fingerprint density at radius 2 is 1.27 bits per heavy atom. The van der Waals surface area contributed by atoms with Crippen LogP contribution in [0.1, 0.15) is 34.1 Å². The van der Waals surface area contributed by atoms with Crippen LogP contribution in [0.2, 0.25) is 0 Å². The molecule has 0 aliphatic rings. The Kier molecular flexibility index (Phi) is 7.39. The molecule has 2 heterocycles. The Labute approximate surface area is 241 Å². The molecule has 41 heavy (non-hydrogen) atoms. The van der Waals surface area contributed by atoms with Gasteiger partial charge in [0.15, 0.2) is 11.6 Å². The number of aromatic nitrogens is 4. The van der Waals surface area contributed by atoms with Gasteiger partial charge in [0.2, 0.25) is 5.95 Å². The van der Waals surface area contributed by atoms with Crippen molar-refractivity contribution in [2.45, 2.75) is 39.7 Å². The van der Waals surface area contributed by atoms with Crippen LogP contribution in [0.3, 0.4) is 0 Å². The highest BCUT2D eigenvalue weighted by molar-refractivity contribution is 6.61. The average Bonchev–Trinajstić information content (AvgIpc) is 3.35. The molecule has 6 aromatic rings. The number of hydrogen-bond acceptors (Lipinski definition) is 5. The Morgan fingerprint density at radius 3 is 1.88 bits per heavy atom. The lowest BCUT2D eigenvalue weighted by molar-refractivity contribution is 0.0706. The summed E-state index contributed by atoms with van der Waals surface area (Å²) in [5, 5.41) is 2.20. The first-order chi connectivity index (χ1) is 20.0. The molecule has 0 radical (unpaired) electrons. The van der Waals surface area contributed by atoms with Gasteiger partial charge in [-0.25, -0.2) is 4.98 Å². The number of benzene rings is 4. The molecule has 0 fully saturated rings. The predicted molar refractivity (Wildman–Crippen MR) is 168 cm³/mol. The summed E-state index contributed by atoms with van der Waals surface area (Å²) in [7, 11) is -0.465. The van der Waals surface area contributed by atoms with Crippen LogP contribution in [0.25, 0.3) is 50.5 Å². The highest BCUT2D eigenvalue weighted by Crippen LogP contribution is 2.32. The Bertz CT molecular complexity index is 1740. The molecule has 204 valence electrons. The van der Waals surface area contributed by atoms with E-state index in [0.29, 0.717) is 24.2 Å². The van der Waals surface area contributed by atoms with Crippen molar-refractivity contribution in [3.63, 3.8) is 0 Å². The Morgan fingerprint density at radius 1 is 0.683 bits per heavy atom. The third-order valence-corrected chi connectivity index (χ3v) is 7.45. The van der Waals surface area contributed by atoms with Gasteiger partial charge in [-0.15, -0.1) is 0 Å². The van der Waals surface area contributed by atoms with Crippen LogP contribution in [-0.4, -0.2) is 38.8 Å². The van der Waals surface area contributed by atoms with Crippen molar-refractivity contribution in [3.8, 4) is 28.7 Å². The van der Waals surface area contributed by atoms with Crippen molar-refractivity contribution >= 4 is 34.4 Å². The standard InChI is InChI=1S/C34H33BN4O2/c1-5-34(3,4)41-35(40-6-2)26-21-22-30-28(23-26)27-19-13-14-20-29(27)39(30)33-37-31(24-15-9-7-10-16-24)36-32(38-33)25-17-11-8-12-18-25/h7-23H,5-6H2,1-4H3. The molecule has 7 heteroatoms. The van der Waals surface area contributed by atoms with Crippen LogP contribution in [0.15, 0.2) is 103 Å². The van der Waals surface area contributed by atoms with E-state index in [4.69, 9.17) is 24.3 Å². The number of para-hydroxylation sites is 1. The quantitative estimate of drug-likeness (QED) is 0.181. The molecular formula is C34H33BN4O2. The van der Waals surface area contributed by atoms with Gasteiger partial charge in [-0.3, -0.25) is 4.57 Å². The molecule has 0 aliphatic carbocycles. The molecule has 0 saturated carbocycles. The third-order valence-electron chi connectivity index (χ3n) is 7.45. The zero-order chi connectivity index (χ0) is 28.4. The van der Waals surface area contributed by atoms with Crippen molar-refractivity contribution in [2.24, 2.45) is 0 Å². The molecule has 0 amide bonds. The van der Waals surface area contributed by atoms with Gasteiger partial charge in [0.1, 0.15) is 0 Å². The first-order valence-electron chi connectivity index (χ1n) is 14.2. The van der Waals surface area contributed by atoms with Crippen LogP contribution in [0, 0.1) is 0 Å². The van der Waals surface area contributed by atoms with Crippen molar-refractivity contribution in [1.29, 1.82) is 0 Å². The van der Waals surface area contributed by atoms with E-state index in [2.05, 4.69) is 61.7 Å². The molecule has 0 bridgehead atoms. The van der Waals surface area contributed by atoms with Gasteiger partial charge in [-0.05, 0) is 44.8 Å². The summed E-state index contributed by atoms with van der Waals surface area (Å²) in [5.41, 5.74) is 4.57. The molecule has 6 nitrogen and oxygen atoms in total. The lowest BCUT2D eigenvalue weighted by atomic mass is 9.77. The van der Waals surface area contributed by atoms with Gasteiger partial charge in [0.05, 0.1) is 11.0 Å². The molecule has 0 atom stereocenters. The number of nitrogens with zero attached hydrogens (tertiary/aromatic N) is 4. The maximum Gasteiger partial charge on any atom is 0.494 e. The summed E-state index contributed by atoms with van der Waals surface area (Å²) < 4.78 is 14.6. The van der Waals surface area contributed by atoms with Gasteiger partial charge in [-0.1, -0.05) is 97.9 Å². The van der Waals surface area contributed by atoms with E-state index >= 15 is 0 Å². The van der Waals surface area contributed by atoms with Crippen molar-refractivity contribution in [3.05, 3.63) is 103 Å². The summed E-state index contributed by atoms with van der Waals surface area (Å²) in [4.78, 5) is 14.9. The Balaban J connectivity index is 1.57. The predicted octanol–water partition coefficient (Wildman–Crippen LogP) is 7.24. The second kappa shape index (κ2) is 11.3. The normalized spacial score (nSPS) is 11.8. The maximum absolute atomic E-state index is 6.43. The number of hydrogen-bond donors (Lipinski definition) is 0. The van der Waals surface area contributed by atoms with E-state index in [1.807, 2.05) is 73.7 Å². The summed E-state index contributed by atoms with van der Waals surface area (Å²) in [6, 6.07) is 34.8. The monoisotopic (exact) mass is 540 g/mol. The van der Waals surface area contributed by atoms with Crippen LogP contribution in [-0.2, 0) is 9.31 Å². The van der Waals surface area contributed by atoms with E-state index in [1.165, 1.54) is 0 Å². The van der Waals surface area contributed by atoms with Crippen LogP contribution in [0.5, 0.6) is 0 Å². The van der Waals surface area contributed by atoms with E-state index < -0.39 is 7.12 Å². The molecule has 0 aliphatic heterocycles. The minimum atomic E-state index is -0.465. The second-order valence-electron chi connectivity index (χ2n) is 10.7. The summed E-state index contributed by atoms with van der Waals surface area (Å²) in [6.45, 7) is 8.87. The molecule has 0 saturated heterocycles. The fraction of sp³-hybridized carbons (Fsp3) is 0.206. The van der Waals surface area contributed by atoms with E-state index in [9.17, 15) is 0 Å². The van der Waals surface area contributed by atoms with Crippen LogP contribution in [0.4, 0.5) is 0 Å². The molecular weight excluding hydrogens is 507 g/mol. The number of fused-ring (bicyclic) bond motifs is 3. The molecule has 0 unspecified atom stereocenters. The van der Waals surface area contributed by atoms with Crippen molar-refractivity contribution < 1.29 is 9.31 Å². The van der Waals surface area contributed by atoms with Crippen LogP contribution < -0.4 is 5.46 Å². The van der Waals surface area contributed by atoms with E-state index in [0.717, 1.165) is 44.8 Å². The summed E-state index contributed by atoms with van der Waals surface area (Å²) in [6.07, 6.45) is 0.880. The highest BCUT2D eigenvalue weighted by Gasteiger charge is 2.30. The van der Waals surface area contributed by atoms with E-state index in [-0.39, 0.29) is 5.60 Å². The van der Waals surface area contributed by atoms with Crippen molar-refractivity contribution in [1.82, 2.24) is 19.5 Å². The molecule has 4 aromatic carbocycles. The fourth-order valence-electron chi connectivity index (χ4n) is 4.97. The smallest absolute Gasteiger partial charge is 0.408 e. The SMILES string of the molecule is CCOB(OC(C)(C)CC)c1ccc2c(c1)c1ccccc1n2-c1nc(-c2ccccc2)nc(-c2ccccc2)n1. The summed E-state index contributed by atoms with van der Waals surface area (Å²) in [5.74, 6) is 1.83. The van der Waals surface area contributed by atoms with Gasteiger partial charge in [0, 0.05) is 34.1 Å². The lowest BCUT2D eigenvalue weighted by Gasteiger charge is -2.28. The van der Waals surface area contributed by atoms with Crippen molar-refractivity contribution in [2.75, 3.05) is 6.61 Å². The topological polar surface area (TPSA) is 62.1 Å². The van der Waals surface area contributed by atoms with Crippen LogP contribution >= 0.6 is 0 Å². The first kappa shape index (κ1) is 26.9. The third kappa shape index (κ3) is 5.39. The molecule has 6 rings (SSSR count). The van der Waals surface area contributed by atoms with Gasteiger partial charge < -0.3 is 9.31 Å². The lowest BCUT2D eigenvalue weighted by Crippen LogP contribution is -2.43. The minimum absolute atomic E-state index is 0.310. The molecule has 0 N–H and O–H groups in total. The van der Waals surface area contributed by atoms with Gasteiger partial charge >= 0.3 is 7.12 Å². The second-order valence-corrected chi connectivity index (χ2v) is 10.7. The zero-order valence-electron chi connectivity index (χ0n) is 23.9. The fourth-order valence-corrected chi connectivity index (χ4v) is 4.97. The number of rotatable bonds is 9. The Hall–Kier alpha value is -4.33. The maximum atomic E-state index is 6.43. The molecule has 0 spiro atoms. The highest BCUT2D eigenvalue weighted by atomic mass is 16.6. The molecule has 2 aromatic heterocycles. The van der Waals surface area contributed by atoms with E-state index in [1.54, 1.807) is 0 Å². The van der Waals surface area contributed by atoms with Gasteiger partial charge in [0.25, 0.3) is 0 Å². The minimum Gasteiger partial charge on any atom is -0.408 e. The van der Waals surface area contributed by atoms with Gasteiger partial charge in [-0.2, -0.15) is 9.97 Å². The summed E-state index contributed by atoms with van der Waals surface area (Å²) >= 11 is 0. The average molecular weight is 540 g/mol.